The van der Waals surface area contributed by atoms with Crippen LogP contribution in [0.25, 0.3) is 0 Å². The van der Waals surface area contributed by atoms with Gasteiger partial charge in [-0.2, -0.15) is 0 Å². The molecule has 0 spiro atoms. The van der Waals surface area contributed by atoms with E-state index < -0.39 is 11.4 Å². The monoisotopic (exact) mass is 318 g/mol. The average Bonchev–Trinajstić information content (AvgIpc) is 3.19. The molecule has 3 rings (SSSR count). The van der Waals surface area contributed by atoms with Gasteiger partial charge in [0, 0.05) is 5.41 Å². The van der Waals surface area contributed by atoms with Gasteiger partial charge in [0.25, 0.3) is 0 Å². The molecule has 1 heterocycles. The third-order valence-corrected chi connectivity index (χ3v) is 7.64. The molecule has 23 heavy (non-hydrogen) atoms. The molecule has 3 heteroatoms. The van der Waals surface area contributed by atoms with Crippen LogP contribution in [0.2, 0.25) is 0 Å². The predicted molar refractivity (Wildman–Crippen MR) is 91.1 cm³/mol. The Hall–Kier alpha value is -1.09. The SMILES string of the molecule is C=C/C(C)=C\C[C@@]1(C(=O)O)[C@H](C)CC[C@]2(C)[C@@H]1CC[C@H]1O[C@]12C. The summed E-state index contributed by atoms with van der Waals surface area (Å²) in [6.45, 7) is 12.4. The second kappa shape index (κ2) is 5.20. The Labute approximate surface area is 139 Å². The van der Waals surface area contributed by atoms with E-state index in [2.05, 4.69) is 33.4 Å². The highest BCUT2D eigenvalue weighted by atomic mass is 16.6. The van der Waals surface area contributed by atoms with Crippen molar-refractivity contribution in [3.63, 3.8) is 0 Å². The van der Waals surface area contributed by atoms with Gasteiger partial charge >= 0.3 is 5.97 Å². The molecule has 3 nitrogen and oxygen atoms in total. The molecule has 3 aliphatic rings. The number of epoxide rings is 1. The largest absolute Gasteiger partial charge is 0.481 e. The highest BCUT2D eigenvalue weighted by Crippen LogP contribution is 2.70. The van der Waals surface area contributed by atoms with E-state index >= 15 is 0 Å². The van der Waals surface area contributed by atoms with Crippen LogP contribution in [0.4, 0.5) is 0 Å². The van der Waals surface area contributed by atoms with Crippen molar-refractivity contribution in [2.24, 2.45) is 22.7 Å². The van der Waals surface area contributed by atoms with E-state index in [-0.39, 0.29) is 22.9 Å². The Balaban J connectivity index is 2.05. The van der Waals surface area contributed by atoms with Gasteiger partial charge in [-0.1, -0.05) is 38.2 Å². The minimum absolute atomic E-state index is 0.0310. The van der Waals surface area contributed by atoms with Gasteiger partial charge in [0.2, 0.25) is 0 Å². The van der Waals surface area contributed by atoms with Crippen LogP contribution in [0, 0.1) is 22.7 Å². The topological polar surface area (TPSA) is 49.8 Å². The number of aliphatic carboxylic acids is 1. The summed E-state index contributed by atoms with van der Waals surface area (Å²) < 4.78 is 6.07. The summed E-state index contributed by atoms with van der Waals surface area (Å²) in [5.41, 5.74) is 0.231. The molecule has 1 aliphatic heterocycles. The summed E-state index contributed by atoms with van der Waals surface area (Å²) in [6.07, 6.45) is 8.83. The van der Waals surface area contributed by atoms with Crippen molar-refractivity contribution < 1.29 is 14.6 Å². The molecule has 0 radical (unpaired) electrons. The lowest BCUT2D eigenvalue weighted by Gasteiger charge is -2.58. The number of hydrogen-bond acceptors (Lipinski definition) is 2. The van der Waals surface area contributed by atoms with Crippen molar-refractivity contribution in [1.82, 2.24) is 0 Å². The number of allylic oxidation sites excluding steroid dienone is 3. The number of rotatable bonds is 4. The number of carbonyl (C=O) groups is 1. The molecule has 128 valence electrons. The lowest BCUT2D eigenvalue weighted by atomic mass is 9.44. The van der Waals surface area contributed by atoms with Crippen molar-refractivity contribution in [2.75, 3.05) is 0 Å². The van der Waals surface area contributed by atoms with E-state index in [1.807, 2.05) is 13.0 Å². The molecule has 0 aromatic rings. The van der Waals surface area contributed by atoms with Crippen molar-refractivity contribution in [2.45, 2.75) is 71.5 Å². The van der Waals surface area contributed by atoms with E-state index in [1.165, 1.54) is 0 Å². The van der Waals surface area contributed by atoms with Crippen LogP contribution in [-0.4, -0.2) is 22.8 Å². The van der Waals surface area contributed by atoms with Crippen molar-refractivity contribution >= 4 is 5.97 Å². The molecule has 1 N–H and O–H groups in total. The molecule has 0 aromatic carbocycles. The van der Waals surface area contributed by atoms with Crippen LogP contribution in [0.3, 0.4) is 0 Å². The Morgan fingerprint density at radius 2 is 2.04 bits per heavy atom. The van der Waals surface area contributed by atoms with Gasteiger partial charge in [-0.25, -0.2) is 0 Å². The second-order valence-electron chi connectivity index (χ2n) is 8.40. The van der Waals surface area contributed by atoms with Gasteiger partial charge in [0.05, 0.1) is 17.1 Å². The van der Waals surface area contributed by atoms with E-state index in [1.54, 1.807) is 0 Å². The minimum Gasteiger partial charge on any atom is -0.481 e. The Morgan fingerprint density at radius 3 is 2.65 bits per heavy atom. The van der Waals surface area contributed by atoms with Crippen LogP contribution < -0.4 is 0 Å². The maximum absolute atomic E-state index is 12.5. The van der Waals surface area contributed by atoms with Crippen molar-refractivity contribution in [1.29, 1.82) is 0 Å². The Kier molecular flexibility index (Phi) is 3.79. The average molecular weight is 318 g/mol. The fourth-order valence-electron chi connectivity index (χ4n) is 5.65. The van der Waals surface area contributed by atoms with Gasteiger partial charge in [0.15, 0.2) is 0 Å². The summed E-state index contributed by atoms with van der Waals surface area (Å²) in [5, 5.41) is 10.3. The zero-order valence-corrected chi connectivity index (χ0v) is 14.9. The third-order valence-electron chi connectivity index (χ3n) is 7.64. The number of ether oxygens (including phenoxy) is 1. The first kappa shape index (κ1) is 16.8. The number of fused-ring (bicyclic) bond motifs is 3. The first-order chi connectivity index (χ1) is 10.7. The predicted octanol–water partition coefficient (Wildman–Crippen LogP) is 4.58. The molecule has 0 bridgehead atoms. The molecule has 0 amide bonds. The maximum atomic E-state index is 12.5. The van der Waals surface area contributed by atoms with Gasteiger partial charge in [0.1, 0.15) is 0 Å². The molecule has 0 unspecified atom stereocenters. The zero-order valence-electron chi connectivity index (χ0n) is 14.9. The lowest BCUT2D eigenvalue weighted by molar-refractivity contribution is -0.175. The van der Waals surface area contributed by atoms with Crippen LogP contribution in [0.5, 0.6) is 0 Å². The van der Waals surface area contributed by atoms with E-state index in [4.69, 9.17) is 4.74 Å². The number of hydrogen-bond donors (Lipinski definition) is 1. The molecule has 2 aliphatic carbocycles. The summed E-state index contributed by atoms with van der Waals surface area (Å²) >= 11 is 0. The van der Waals surface area contributed by atoms with Crippen molar-refractivity contribution in [3.05, 3.63) is 24.3 Å². The summed E-state index contributed by atoms with van der Waals surface area (Å²) in [5.74, 6) is -0.267. The molecule has 2 saturated carbocycles. The third kappa shape index (κ3) is 2.08. The maximum Gasteiger partial charge on any atom is 0.310 e. The highest BCUT2D eigenvalue weighted by molar-refractivity contribution is 5.76. The smallest absolute Gasteiger partial charge is 0.310 e. The Bertz CT molecular complexity index is 565. The number of carboxylic acids is 1. The number of carboxylic acid groups (broad SMARTS) is 1. The summed E-state index contributed by atoms with van der Waals surface area (Å²) in [7, 11) is 0. The highest BCUT2D eigenvalue weighted by Gasteiger charge is 2.73. The van der Waals surface area contributed by atoms with E-state index in [9.17, 15) is 9.90 Å². The van der Waals surface area contributed by atoms with Crippen LogP contribution in [0.1, 0.15) is 59.8 Å². The summed E-state index contributed by atoms with van der Waals surface area (Å²) in [6, 6.07) is 0. The van der Waals surface area contributed by atoms with Crippen LogP contribution in [0.15, 0.2) is 24.3 Å². The Morgan fingerprint density at radius 1 is 1.35 bits per heavy atom. The fraction of sp³-hybridized carbons (Fsp3) is 0.750. The van der Waals surface area contributed by atoms with Gasteiger partial charge in [-0.3, -0.25) is 4.79 Å². The molecule has 3 fully saturated rings. The minimum atomic E-state index is -0.683. The van der Waals surface area contributed by atoms with Crippen molar-refractivity contribution in [3.8, 4) is 0 Å². The first-order valence-corrected chi connectivity index (χ1v) is 8.93. The fourth-order valence-corrected chi connectivity index (χ4v) is 5.65. The van der Waals surface area contributed by atoms with Gasteiger partial charge < -0.3 is 9.84 Å². The quantitative estimate of drug-likeness (QED) is 0.609. The van der Waals surface area contributed by atoms with E-state index in [0.717, 1.165) is 31.3 Å². The van der Waals surface area contributed by atoms with E-state index in [0.29, 0.717) is 12.5 Å². The zero-order chi connectivity index (χ0) is 17.0. The molecular formula is C20H30O3. The standard InChI is InChI=1S/C20H30O3/c1-6-13(2)9-12-20(17(21)22)14(3)10-11-18(4)15(20)7-8-16-19(18,5)23-16/h6,9,14-16H,1,7-8,10-12H2,2-5H3,(H,21,22)/b13-9-/t14-,15+,16-,18-,19-,20-/m1/s1. The van der Waals surface area contributed by atoms with Gasteiger partial charge in [-0.15, -0.1) is 0 Å². The molecular weight excluding hydrogens is 288 g/mol. The second-order valence-corrected chi connectivity index (χ2v) is 8.40. The van der Waals surface area contributed by atoms with Crippen LogP contribution >= 0.6 is 0 Å². The normalized spacial score (nSPS) is 49.0. The van der Waals surface area contributed by atoms with Gasteiger partial charge in [-0.05, 0) is 57.8 Å². The molecule has 1 saturated heterocycles. The molecule has 6 atom stereocenters. The lowest BCUT2D eigenvalue weighted by Crippen LogP contribution is -2.59. The summed E-state index contributed by atoms with van der Waals surface area (Å²) in [4.78, 5) is 12.5. The first-order valence-electron chi connectivity index (χ1n) is 8.93. The molecule has 0 aromatic heterocycles. The van der Waals surface area contributed by atoms with Crippen LogP contribution in [-0.2, 0) is 9.53 Å².